The van der Waals surface area contributed by atoms with Gasteiger partial charge >= 0.3 is 0 Å². The quantitative estimate of drug-likeness (QED) is 0.766. The first-order chi connectivity index (χ1) is 8.49. The minimum Gasteiger partial charge on any atom is -0.396 e. The summed E-state index contributed by atoms with van der Waals surface area (Å²) in [4.78, 5) is 0. The topological polar surface area (TPSA) is 53.2 Å². The largest absolute Gasteiger partial charge is 0.396 e. The van der Waals surface area contributed by atoms with Crippen molar-refractivity contribution in [1.29, 1.82) is 5.26 Å². The smallest absolute Gasteiger partial charge is 0.146 e. The number of nitrogens with zero attached hydrogens (tertiary/aromatic N) is 1. The molecule has 0 spiro atoms. The molecule has 3 heteroatoms. The molecule has 18 heavy (non-hydrogen) atoms. The number of aliphatic hydroxyl groups excluding tert-OH is 1. The Morgan fingerprint density at radius 1 is 1.28 bits per heavy atom. The van der Waals surface area contributed by atoms with Gasteiger partial charge in [-0.25, -0.2) is 0 Å². The molecule has 1 saturated carbocycles. The molecule has 0 aliphatic heterocycles. The lowest BCUT2D eigenvalue weighted by atomic mass is 9.69. The summed E-state index contributed by atoms with van der Waals surface area (Å²) < 4.78 is 5.57. The lowest BCUT2D eigenvalue weighted by Crippen LogP contribution is -2.31. The normalized spacial score (nSPS) is 26.6. The van der Waals surface area contributed by atoms with Crippen LogP contribution >= 0.6 is 0 Å². The van der Waals surface area contributed by atoms with Gasteiger partial charge in [-0.05, 0) is 49.4 Å². The van der Waals surface area contributed by atoms with Crippen LogP contribution in [-0.4, -0.2) is 24.4 Å². The van der Waals surface area contributed by atoms with Crippen LogP contribution in [0.5, 0.6) is 0 Å². The third-order valence-electron chi connectivity index (χ3n) is 4.15. The Kier molecular flexibility index (Phi) is 6.11. The van der Waals surface area contributed by atoms with E-state index < -0.39 is 0 Å². The van der Waals surface area contributed by atoms with Gasteiger partial charge in [0.05, 0.1) is 12.7 Å². The van der Waals surface area contributed by atoms with Crippen molar-refractivity contribution in [2.24, 2.45) is 17.3 Å². The highest BCUT2D eigenvalue weighted by molar-refractivity contribution is 4.93. The second-order valence-corrected chi connectivity index (χ2v) is 6.48. The minimum atomic E-state index is -0.280. The SMILES string of the molecule is CC(C)(C)C1CCC(C(C#N)OCCCO)CC1. The van der Waals surface area contributed by atoms with Gasteiger partial charge < -0.3 is 9.84 Å². The molecule has 1 rings (SSSR count). The van der Waals surface area contributed by atoms with Crippen molar-refractivity contribution in [2.45, 2.75) is 59.0 Å². The molecule has 1 aliphatic rings. The molecule has 0 aromatic rings. The second-order valence-electron chi connectivity index (χ2n) is 6.48. The maximum Gasteiger partial charge on any atom is 0.146 e. The number of hydrogen-bond donors (Lipinski definition) is 1. The summed E-state index contributed by atoms with van der Waals surface area (Å²) >= 11 is 0. The zero-order chi connectivity index (χ0) is 13.6. The first-order valence-corrected chi connectivity index (χ1v) is 7.11. The maximum atomic E-state index is 9.17. The van der Waals surface area contributed by atoms with E-state index in [0.29, 0.717) is 24.4 Å². The third-order valence-corrected chi connectivity index (χ3v) is 4.15. The van der Waals surface area contributed by atoms with Crippen LogP contribution < -0.4 is 0 Å². The molecule has 3 nitrogen and oxygen atoms in total. The highest BCUT2D eigenvalue weighted by atomic mass is 16.5. The van der Waals surface area contributed by atoms with Gasteiger partial charge in [-0.15, -0.1) is 0 Å². The summed E-state index contributed by atoms with van der Waals surface area (Å²) in [5, 5.41) is 17.9. The fourth-order valence-corrected chi connectivity index (χ4v) is 2.84. The number of nitriles is 1. The van der Waals surface area contributed by atoms with Crippen molar-refractivity contribution in [2.75, 3.05) is 13.2 Å². The lowest BCUT2D eigenvalue weighted by Gasteiger charge is -2.38. The minimum absolute atomic E-state index is 0.134. The summed E-state index contributed by atoms with van der Waals surface area (Å²) in [5.41, 5.74) is 0.380. The molecule has 0 amide bonds. The van der Waals surface area contributed by atoms with Crippen molar-refractivity contribution in [1.82, 2.24) is 0 Å². The Morgan fingerprint density at radius 3 is 2.33 bits per heavy atom. The Bertz CT molecular complexity index is 269. The van der Waals surface area contributed by atoms with E-state index in [1.54, 1.807) is 0 Å². The molecular weight excluding hydrogens is 226 g/mol. The van der Waals surface area contributed by atoms with Gasteiger partial charge in [-0.2, -0.15) is 5.26 Å². The molecule has 1 aliphatic carbocycles. The van der Waals surface area contributed by atoms with E-state index in [1.807, 2.05) is 0 Å². The molecule has 0 radical (unpaired) electrons. The predicted molar refractivity (Wildman–Crippen MR) is 72.0 cm³/mol. The monoisotopic (exact) mass is 253 g/mol. The van der Waals surface area contributed by atoms with Gasteiger partial charge in [-0.1, -0.05) is 20.8 Å². The van der Waals surface area contributed by atoms with Crippen LogP contribution in [0.25, 0.3) is 0 Å². The number of aliphatic hydroxyl groups is 1. The standard InChI is InChI=1S/C15H27NO2/c1-15(2,3)13-7-5-12(6-8-13)14(11-16)18-10-4-9-17/h12-14,17H,4-10H2,1-3H3. The fraction of sp³-hybridized carbons (Fsp3) is 0.933. The second kappa shape index (κ2) is 7.11. The van der Waals surface area contributed by atoms with E-state index in [9.17, 15) is 0 Å². The molecule has 1 unspecified atom stereocenters. The van der Waals surface area contributed by atoms with Gasteiger partial charge in [0.2, 0.25) is 0 Å². The molecule has 0 bridgehead atoms. The summed E-state index contributed by atoms with van der Waals surface area (Å²) in [6.45, 7) is 7.54. The van der Waals surface area contributed by atoms with Crippen molar-refractivity contribution in [3.05, 3.63) is 0 Å². The molecular formula is C15H27NO2. The van der Waals surface area contributed by atoms with E-state index in [-0.39, 0.29) is 12.7 Å². The van der Waals surface area contributed by atoms with Gasteiger partial charge in [0, 0.05) is 6.61 Å². The zero-order valence-corrected chi connectivity index (χ0v) is 12.0. The molecule has 0 aromatic heterocycles. The van der Waals surface area contributed by atoms with Crippen LogP contribution in [-0.2, 0) is 4.74 Å². The van der Waals surface area contributed by atoms with E-state index in [2.05, 4.69) is 26.8 Å². The van der Waals surface area contributed by atoms with Crippen molar-refractivity contribution >= 4 is 0 Å². The molecule has 1 fully saturated rings. The Labute approximate surface area is 111 Å². The number of ether oxygens (including phenoxy) is 1. The highest BCUT2D eigenvalue weighted by Crippen LogP contribution is 2.41. The molecule has 104 valence electrons. The summed E-state index contributed by atoms with van der Waals surface area (Å²) in [6, 6.07) is 2.28. The molecule has 1 N–H and O–H groups in total. The van der Waals surface area contributed by atoms with Crippen LogP contribution in [0.2, 0.25) is 0 Å². The zero-order valence-electron chi connectivity index (χ0n) is 12.0. The van der Waals surface area contributed by atoms with Crippen LogP contribution in [0.15, 0.2) is 0 Å². The summed E-state index contributed by atoms with van der Waals surface area (Å²) in [7, 11) is 0. The highest BCUT2D eigenvalue weighted by Gasteiger charge is 2.33. The average molecular weight is 253 g/mol. The number of hydrogen-bond acceptors (Lipinski definition) is 3. The van der Waals surface area contributed by atoms with Crippen molar-refractivity contribution in [3.8, 4) is 6.07 Å². The fourth-order valence-electron chi connectivity index (χ4n) is 2.84. The molecule has 0 heterocycles. The van der Waals surface area contributed by atoms with Crippen LogP contribution in [0.1, 0.15) is 52.9 Å². The summed E-state index contributed by atoms with van der Waals surface area (Å²) in [6.07, 6.45) is 4.94. The van der Waals surface area contributed by atoms with Gasteiger partial charge in [0.1, 0.15) is 6.10 Å². The van der Waals surface area contributed by atoms with E-state index in [1.165, 1.54) is 12.8 Å². The summed E-state index contributed by atoms with van der Waals surface area (Å²) in [5.74, 6) is 1.15. The van der Waals surface area contributed by atoms with E-state index in [4.69, 9.17) is 15.1 Å². The van der Waals surface area contributed by atoms with Crippen molar-refractivity contribution < 1.29 is 9.84 Å². The Balaban J connectivity index is 2.38. The third kappa shape index (κ3) is 4.59. The first-order valence-electron chi connectivity index (χ1n) is 7.11. The molecule has 1 atom stereocenters. The van der Waals surface area contributed by atoms with Crippen molar-refractivity contribution in [3.63, 3.8) is 0 Å². The van der Waals surface area contributed by atoms with Gasteiger partial charge in [-0.3, -0.25) is 0 Å². The van der Waals surface area contributed by atoms with Gasteiger partial charge in [0.15, 0.2) is 0 Å². The van der Waals surface area contributed by atoms with Gasteiger partial charge in [0.25, 0.3) is 0 Å². The maximum absolute atomic E-state index is 9.17. The Morgan fingerprint density at radius 2 is 1.89 bits per heavy atom. The van der Waals surface area contributed by atoms with Crippen LogP contribution in [0, 0.1) is 28.6 Å². The molecule has 0 aromatic carbocycles. The predicted octanol–water partition coefficient (Wildman–Crippen LogP) is 3.13. The number of rotatable bonds is 5. The average Bonchev–Trinajstić information content (AvgIpc) is 2.34. The lowest BCUT2D eigenvalue weighted by molar-refractivity contribution is 0.0156. The first kappa shape index (κ1) is 15.5. The van der Waals surface area contributed by atoms with E-state index in [0.717, 1.165) is 18.8 Å². The van der Waals surface area contributed by atoms with Crippen LogP contribution in [0.3, 0.4) is 0 Å². The molecule has 0 saturated heterocycles. The van der Waals surface area contributed by atoms with Crippen LogP contribution in [0.4, 0.5) is 0 Å². The Hall–Kier alpha value is -0.590. The van der Waals surface area contributed by atoms with E-state index >= 15 is 0 Å².